The van der Waals surface area contributed by atoms with Gasteiger partial charge in [-0.15, -0.1) is 0 Å². The molecule has 1 N–H and O–H groups in total. The molecule has 70 heavy (non-hydrogen) atoms. The summed E-state index contributed by atoms with van der Waals surface area (Å²) in [6.45, 7) is 8.03. The number of phenols is 1. The van der Waals surface area contributed by atoms with E-state index in [0.717, 1.165) is 5.56 Å². The summed E-state index contributed by atoms with van der Waals surface area (Å²) >= 11 is 34.6. The van der Waals surface area contributed by atoms with E-state index >= 15 is 0 Å². The number of esters is 3. The number of nitriles is 3. The maximum absolute atomic E-state index is 11.6. The topological polar surface area (TPSA) is 228 Å². The molecule has 0 radical (unpaired) electrons. The molecule has 0 fully saturated rings. The number of aryl methyl sites for hydroxylation is 1. The summed E-state index contributed by atoms with van der Waals surface area (Å²) in [6.07, 6.45) is 0.387. The number of rotatable bonds is 13. The molecule has 0 bridgehead atoms. The Kier molecular flexibility index (Phi) is 24.5. The Balaban J connectivity index is 0.000000259. The number of halogens is 6. The number of aromatic nitrogens is 3. The molecule has 3 heterocycles. The monoisotopic (exact) mass is 1070 g/mol. The maximum atomic E-state index is 11.6. The number of phenolic OH excluding ortho intramolecular Hbond substituents is 1. The van der Waals surface area contributed by atoms with Crippen molar-refractivity contribution in [2.45, 2.75) is 47.0 Å². The second kappa shape index (κ2) is 29.9. The summed E-state index contributed by atoms with van der Waals surface area (Å²) in [7, 11) is 0. The molecule has 0 unspecified atom stereocenters. The highest BCUT2D eigenvalue weighted by atomic mass is 35.5. The van der Waals surface area contributed by atoms with Crippen LogP contribution in [0.3, 0.4) is 0 Å². The van der Waals surface area contributed by atoms with Crippen LogP contribution in [0.1, 0.15) is 59.8 Å². The van der Waals surface area contributed by atoms with E-state index in [-0.39, 0.29) is 75.2 Å². The summed E-state index contributed by atoms with van der Waals surface area (Å²) < 4.78 is 25.8. The lowest BCUT2D eigenvalue weighted by molar-refractivity contribution is -0.143. The molecule has 0 amide bonds. The molecule has 21 heteroatoms. The zero-order valence-electron chi connectivity index (χ0n) is 37.6. The molecule has 6 rings (SSSR count). The van der Waals surface area contributed by atoms with Crippen molar-refractivity contribution in [3.8, 4) is 47.2 Å². The first-order valence-corrected chi connectivity index (χ1v) is 22.7. The Morgan fingerprint density at radius 2 is 0.857 bits per heavy atom. The van der Waals surface area contributed by atoms with Gasteiger partial charge in [0.25, 0.3) is 0 Å². The van der Waals surface area contributed by atoms with Gasteiger partial charge in [-0.1, -0.05) is 87.8 Å². The predicted octanol–water partition coefficient (Wildman–Crippen LogP) is 12.4. The Labute approximate surface area is 433 Å². The van der Waals surface area contributed by atoms with Gasteiger partial charge in [-0.3, -0.25) is 14.4 Å². The van der Waals surface area contributed by atoms with Gasteiger partial charge in [0.2, 0.25) is 11.8 Å². The van der Waals surface area contributed by atoms with Crippen molar-refractivity contribution in [2.75, 3.05) is 19.8 Å². The number of hydrogen-bond donors (Lipinski definition) is 1. The normalized spacial score (nSPS) is 9.81. The van der Waals surface area contributed by atoms with Crippen molar-refractivity contribution in [2.24, 2.45) is 0 Å². The molecule has 3 aromatic heterocycles. The largest absolute Gasteiger partial charge is 0.506 e. The molecule has 0 aliphatic carbocycles. The van der Waals surface area contributed by atoms with Crippen LogP contribution in [0.2, 0.25) is 30.5 Å². The number of benzene rings is 3. The second-order valence-corrected chi connectivity index (χ2v) is 16.0. The number of ether oxygens (including phenoxy) is 5. The van der Waals surface area contributed by atoms with Crippen LogP contribution in [0, 0.1) is 40.9 Å². The molecule has 0 saturated heterocycles. The van der Waals surface area contributed by atoms with Gasteiger partial charge in [0, 0.05) is 17.8 Å². The van der Waals surface area contributed by atoms with E-state index in [4.69, 9.17) is 109 Å². The Hall–Kier alpha value is -6.87. The fourth-order valence-electron chi connectivity index (χ4n) is 5.38. The summed E-state index contributed by atoms with van der Waals surface area (Å²) in [5, 5.41) is 37.2. The van der Waals surface area contributed by atoms with Crippen LogP contribution in [0.15, 0.2) is 91.0 Å². The first-order chi connectivity index (χ1) is 33.4. The van der Waals surface area contributed by atoms with Gasteiger partial charge >= 0.3 is 17.9 Å². The lowest BCUT2D eigenvalue weighted by atomic mass is 10.1. The molecule has 0 spiro atoms. The number of hydrogen-bond acceptors (Lipinski definition) is 15. The van der Waals surface area contributed by atoms with Crippen LogP contribution in [-0.4, -0.2) is 57.8 Å². The van der Waals surface area contributed by atoms with Gasteiger partial charge in [-0.2, -0.15) is 15.8 Å². The van der Waals surface area contributed by atoms with Crippen molar-refractivity contribution in [3.63, 3.8) is 0 Å². The van der Waals surface area contributed by atoms with Crippen LogP contribution < -0.4 is 9.47 Å². The molecular weight excluding hydrogens is 1030 g/mol. The third-order valence-corrected chi connectivity index (χ3v) is 9.77. The quantitative estimate of drug-likeness (QED) is 0.0644. The van der Waals surface area contributed by atoms with E-state index in [9.17, 15) is 19.5 Å². The lowest BCUT2D eigenvalue weighted by Gasteiger charge is -2.10. The van der Waals surface area contributed by atoms with Crippen molar-refractivity contribution >= 4 is 87.5 Å². The zero-order valence-corrected chi connectivity index (χ0v) is 42.1. The summed E-state index contributed by atoms with van der Waals surface area (Å²) in [4.78, 5) is 46.0. The standard InChI is InChI=1S/C17H15ClN2O3.C16H12Cl2N2O3.C10H11ClO3.C6H2Cl2N2/c1-3-22-17(21)9-12-4-5-14(18)15(7-12)23-16-8-13(10-19)6-11(2)20-16;1-2-22-16(21)8-10-3-4-12(17)13(5-10)23-15-7-11(9-19)6-14(18)20-15;1-2-14-10(13)6-7-3-4-8(11)9(12)5-7;7-5-1-4(3-9)2-6(8)10-5/h4-8H,3,9H2,1-2H3;3-7H,2,8H2,1H3;3-5,12H,2,6H2,1H3;1-2H. The van der Waals surface area contributed by atoms with Gasteiger partial charge < -0.3 is 28.8 Å². The SMILES string of the molecule is CCOC(=O)Cc1ccc(Cl)c(O)c1.CCOC(=O)Cc1ccc(Cl)c(Oc2cc(C#N)cc(C)n2)c1.CCOC(=O)Cc1ccc(Cl)c(Oc2cc(C#N)cc(Cl)n2)c1.N#Cc1cc(Cl)nc(Cl)c1. The van der Waals surface area contributed by atoms with Crippen molar-refractivity contribution < 1.29 is 43.2 Å². The summed E-state index contributed by atoms with van der Waals surface area (Å²) in [6, 6.07) is 29.5. The number of aromatic hydroxyl groups is 1. The third-order valence-electron chi connectivity index (χ3n) is 8.24. The number of pyridine rings is 3. The highest BCUT2D eigenvalue weighted by molar-refractivity contribution is 6.33. The number of nitrogens with zero attached hydrogens (tertiary/aromatic N) is 6. The number of carbonyl (C=O) groups is 3. The average molecular weight is 1070 g/mol. The minimum atomic E-state index is -0.339. The first-order valence-electron chi connectivity index (χ1n) is 20.4. The van der Waals surface area contributed by atoms with Crippen LogP contribution in [0.5, 0.6) is 29.0 Å². The average Bonchev–Trinajstić information content (AvgIpc) is 3.30. The highest BCUT2D eigenvalue weighted by Gasteiger charge is 2.13. The number of carbonyl (C=O) groups excluding carboxylic acids is 3. The molecule has 0 atom stereocenters. The smallest absolute Gasteiger partial charge is 0.310 e. The molecule has 15 nitrogen and oxygen atoms in total. The lowest BCUT2D eigenvalue weighted by Crippen LogP contribution is -2.07. The minimum Gasteiger partial charge on any atom is -0.506 e. The molecule has 6 aromatic rings. The van der Waals surface area contributed by atoms with Gasteiger partial charge in [-0.05, 0) is 105 Å². The fraction of sp³-hybridized carbons (Fsp3) is 0.204. The predicted molar refractivity (Wildman–Crippen MR) is 264 cm³/mol. The van der Waals surface area contributed by atoms with Crippen LogP contribution in [-0.2, 0) is 47.9 Å². The van der Waals surface area contributed by atoms with Crippen molar-refractivity contribution in [3.05, 3.63) is 161 Å². The fourth-order valence-corrected chi connectivity index (χ4v) is 6.47. The second-order valence-electron chi connectivity index (χ2n) is 13.7. The van der Waals surface area contributed by atoms with Crippen LogP contribution in [0.25, 0.3) is 0 Å². The van der Waals surface area contributed by atoms with Gasteiger partial charge in [-0.25, -0.2) is 15.0 Å². The van der Waals surface area contributed by atoms with Gasteiger partial charge in [0.15, 0.2) is 0 Å². The maximum Gasteiger partial charge on any atom is 0.310 e. The molecule has 3 aromatic carbocycles. The molecular formula is C49H40Cl6N6O9. The first kappa shape index (κ1) is 57.4. The molecule has 0 aliphatic rings. The van der Waals surface area contributed by atoms with E-state index in [0.29, 0.717) is 74.9 Å². The van der Waals surface area contributed by atoms with Gasteiger partial charge in [0.05, 0.1) is 89.0 Å². The van der Waals surface area contributed by atoms with Crippen molar-refractivity contribution in [1.29, 1.82) is 15.8 Å². The van der Waals surface area contributed by atoms with Crippen LogP contribution >= 0.6 is 69.6 Å². The Morgan fingerprint density at radius 3 is 1.26 bits per heavy atom. The van der Waals surface area contributed by atoms with Crippen molar-refractivity contribution in [1.82, 2.24) is 15.0 Å². The van der Waals surface area contributed by atoms with E-state index in [1.807, 2.05) is 18.2 Å². The zero-order chi connectivity index (χ0) is 51.8. The molecule has 362 valence electrons. The molecule has 0 aliphatic heterocycles. The minimum absolute atomic E-state index is 0.0199. The molecule has 0 saturated carbocycles. The Bertz CT molecular complexity index is 2770. The van der Waals surface area contributed by atoms with E-state index in [1.165, 1.54) is 36.4 Å². The van der Waals surface area contributed by atoms with E-state index < -0.39 is 0 Å². The van der Waals surface area contributed by atoms with E-state index in [1.54, 1.807) is 82.3 Å². The Morgan fingerprint density at radius 1 is 0.500 bits per heavy atom. The third kappa shape index (κ3) is 20.8. The summed E-state index contributed by atoms with van der Waals surface area (Å²) in [5.41, 5.74) is 3.94. The van der Waals surface area contributed by atoms with Crippen LogP contribution in [0.4, 0.5) is 0 Å². The van der Waals surface area contributed by atoms with E-state index in [2.05, 4.69) is 15.0 Å². The highest BCUT2D eigenvalue weighted by Crippen LogP contribution is 2.32. The summed E-state index contributed by atoms with van der Waals surface area (Å²) in [5.74, 6) is 0.112. The van der Waals surface area contributed by atoms with Gasteiger partial charge in [0.1, 0.15) is 32.7 Å².